The third kappa shape index (κ3) is 4.00. The smallest absolute Gasteiger partial charge is 0.128 e. The van der Waals surface area contributed by atoms with Crippen molar-refractivity contribution in [2.75, 3.05) is 39.3 Å². The monoisotopic (exact) mass is 306 g/mol. The molecule has 22 heavy (non-hydrogen) atoms. The van der Waals surface area contributed by atoms with Gasteiger partial charge in [0.05, 0.1) is 12.7 Å². The molecule has 1 heterocycles. The van der Waals surface area contributed by atoms with E-state index in [-0.39, 0.29) is 5.92 Å². The molecule has 4 heteroatoms. The molecule has 4 nitrogen and oxygen atoms in total. The van der Waals surface area contributed by atoms with Gasteiger partial charge in [-0.1, -0.05) is 19.1 Å². The molecule has 0 radical (unpaired) electrons. The van der Waals surface area contributed by atoms with Gasteiger partial charge in [-0.15, -0.1) is 0 Å². The maximum atomic E-state index is 10.9. The van der Waals surface area contributed by atoms with Crippen molar-refractivity contribution in [3.8, 4) is 5.75 Å². The fraction of sp³-hybridized carbons (Fsp3) is 0.667. The zero-order valence-corrected chi connectivity index (χ0v) is 14.4. The van der Waals surface area contributed by atoms with Crippen LogP contribution in [0.25, 0.3) is 0 Å². The van der Waals surface area contributed by atoms with Gasteiger partial charge in [-0.25, -0.2) is 0 Å². The van der Waals surface area contributed by atoms with E-state index in [1.54, 1.807) is 0 Å². The van der Waals surface area contributed by atoms with E-state index in [0.717, 1.165) is 55.2 Å². The van der Waals surface area contributed by atoms with E-state index in [1.165, 1.54) is 0 Å². The van der Waals surface area contributed by atoms with Crippen LogP contribution < -0.4 is 10.1 Å². The van der Waals surface area contributed by atoms with Gasteiger partial charge >= 0.3 is 0 Å². The summed E-state index contributed by atoms with van der Waals surface area (Å²) in [6.07, 6.45) is -0.490. The van der Waals surface area contributed by atoms with Crippen LogP contribution in [0.3, 0.4) is 0 Å². The molecule has 0 aliphatic carbocycles. The van der Waals surface area contributed by atoms with Gasteiger partial charge in [0.15, 0.2) is 0 Å². The Labute approximate surface area is 134 Å². The summed E-state index contributed by atoms with van der Waals surface area (Å²) in [6, 6.07) is 4.14. The quantitative estimate of drug-likeness (QED) is 0.846. The minimum absolute atomic E-state index is 0.179. The molecule has 0 spiro atoms. The minimum Gasteiger partial charge on any atom is -0.493 e. The summed E-state index contributed by atoms with van der Waals surface area (Å²) in [5.41, 5.74) is 3.16. The van der Waals surface area contributed by atoms with Gasteiger partial charge in [0.2, 0.25) is 0 Å². The third-order valence-corrected chi connectivity index (χ3v) is 4.49. The van der Waals surface area contributed by atoms with Crippen molar-refractivity contribution in [1.82, 2.24) is 10.2 Å². The number of aryl methyl sites for hydroxylation is 2. The molecular formula is C18H30N2O2. The van der Waals surface area contributed by atoms with Crippen molar-refractivity contribution in [3.05, 3.63) is 28.8 Å². The lowest BCUT2D eigenvalue weighted by atomic mass is 9.91. The second-order valence-electron chi connectivity index (χ2n) is 6.35. The first-order chi connectivity index (χ1) is 10.5. The predicted molar refractivity (Wildman–Crippen MR) is 90.5 cm³/mol. The van der Waals surface area contributed by atoms with Crippen molar-refractivity contribution < 1.29 is 9.84 Å². The van der Waals surface area contributed by atoms with E-state index < -0.39 is 6.10 Å². The summed E-state index contributed by atoms with van der Waals surface area (Å²) in [5.74, 6) is 1.04. The molecule has 0 saturated carbocycles. The number of hydrogen-bond donors (Lipinski definition) is 2. The average Bonchev–Trinajstić information content (AvgIpc) is 2.52. The van der Waals surface area contributed by atoms with Crippen molar-refractivity contribution in [2.45, 2.75) is 33.8 Å². The van der Waals surface area contributed by atoms with Crippen molar-refractivity contribution in [2.24, 2.45) is 5.92 Å². The maximum Gasteiger partial charge on any atom is 0.128 e. The standard InChI is InChI=1S/C18H30N2O2/c1-5-22-18-14(3)7-6-13(2)16(18)17(21)15(4)12-20-10-8-19-9-11-20/h6-7,15,17,19,21H,5,8-12H2,1-4H3. The Balaban J connectivity index is 2.16. The summed E-state index contributed by atoms with van der Waals surface area (Å²) in [6.45, 7) is 13.9. The molecule has 1 aromatic carbocycles. The number of ether oxygens (including phenoxy) is 1. The number of benzene rings is 1. The van der Waals surface area contributed by atoms with Crippen molar-refractivity contribution >= 4 is 0 Å². The zero-order chi connectivity index (χ0) is 16.1. The number of rotatable bonds is 6. The van der Waals surface area contributed by atoms with Crippen LogP contribution in [0.1, 0.15) is 36.6 Å². The number of nitrogens with zero attached hydrogens (tertiary/aromatic N) is 1. The number of nitrogens with one attached hydrogen (secondary N) is 1. The minimum atomic E-state index is -0.490. The van der Waals surface area contributed by atoms with Crippen LogP contribution in [0.15, 0.2) is 12.1 Å². The number of aliphatic hydroxyl groups is 1. The van der Waals surface area contributed by atoms with Gasteiger partial charge in [-0.3, -0.25) is 0 Å². The molecule has 1 aliphatic rings. The normalized spacial score (nSPS) is 19.0. The fourth-order valence-electron chi connectivity index (χ4n) is 3.20. The third-order valence-electron chi connectivity index (χ3n) is 4.49. The molecule has 124 valence electrons. The SMILES string of the molecule is CCOc1c(C)ccc(C)c1C(O)C(C)CN1CCNCC1. The molecule has 1 aliphatic heterocycles. The number of aliphatic hydroxyl groups excluding tert-OH is 1. The molecule has 0 amide bonds. The molecule has 1 fully saturated rings. The summed E-state index contributed by atoms with van der Waals surface area (Å²) in [4.78, 5) is 2.43. The Morgan fingerprint density at radius 2 is 1.86 bits per heavy atom. The Bertz CT molecular complexity index is 484. The lowest BCUT2D eigenvalue weighted by molar-refractivity contribution is 0.0811. The second-order valence-corrected chi connectivity index (χ2v) is 6.35. The van der Waals surface area contributed by atoms with E-state index >= 15 is 0 Å². The molecule has 0 bridgehead atoms. The van der Waals surface area contributed by atoms with E-state index in [0.29, 0.717) is 6.61 Å². The Morgan fingerprint density at radius 1 is 1.23 bits per heavy atom. The first-order valence-corrected chi connectivity index (χ1v) is 8.38. The van der Waals surface area contributed by atoms with Crippen LogP contribution in [-0.4, -0.2) is 49.3 Å². The number of piperazine rings is 1. The van der Waals surface area contributed by atoms with Crippen molar-refractivity contribution in [3.63, 3.8) is 0 Å². The molecule has 1 saturated heterocycles. The van der Waals surface area contributed by atoms with Crippen molar-refractivity contribution in [1.29, 1.82) is 0 Å². The van der Waals surface area contributed by atoms with Crippen LogP contribution in [0.4, 0.5) is 0 Å². The van der Waals surface area contributed by atoms with E-state index in [1.807, 2.05) is 13.8 Å². The summed E-state index contributed by atoms with van der Waals surface area (Å²) in [7, 11) is 0. The summed E-state index contributed by atoms with van der Waals surface area (Å²) >= 11 is 0. The van der Waals surface area contributed by atoms with E-state index in [9.17, 15) is 5.11 Å². The van der Waals surface area contributed by atoms with Crippen LogP contribution >= 0.6 is 0 Å². The van der Waals surface area contributed by atoms with Gasteiger partial charge in [-0.2, -0.15) is 0 Å². The van der Waals surface area contributed by atoms with Gasteiger partial charge < -0.3 is 20.1 Å². The average molecular weight is 306 g/mol. The highest BCUT2D eigenvalue weighted by Crippen LogP contribution is 2.35. The topological polar surface area (TPSA) is 44.7 Å². The predicted octanol–water partition coefficient (Wildman–Crippen LogP) is 2.28. The second kappa shape index (κ2) is 7.95. The highest BCUT2D eigenvalue weighted by Gasteiger charge is 2.25. The maximum absolute atomic E-state index is 10.9. The zero-order valence-electron chi connectivity index (χ0n) is 14.4. The van der Waals surface area contributed by atoms with Crippen LogP contribution in [-0.2, 0) is 0 Å². The molecule has 0 aromatic heterocycles. The molecule has 2 rings (SSSR count). The highest BCUT2D eigenvalue weighted by atomic mass is 16.5. The lowest BCUT2D eigenvalue weighted by Crippen LogP contribution is -2.45. The fourth-order valence-corrected chi connectivity index (χ4v) is 3.20. The molecule has 2 atom stereocenters. The molecule has 2 unspecified atom stereocenters. The largest absolute Gasteiger partial charge is 0.493 e. The molecule has 1 aromatic rings. The van der Waals surface area contributed by atoms with Gasteiger partial charge in [0.1, 0.15) is 5.75 Å². The lowest BCUT2D eigenvalue weighted by Gasteiger charge is -2.32. The van der Waals surface area contributed by atoms with Crippen LogP contribution in [0.2, 0.25) is 0 Å². The van der Waals surface area contributed by atoms with Crippen LogP contribution in [0, 0.1) is 19.8 Å². The first kappa shape index (κ1) is 17.3. The van der Waals surface area contributed by atoms with Gasteiger partial charge in [0, 0.05) is 38.3 Å². The first-order valence-electron chi connectivity index (χ1n) is 8.38. The van der Waals surface area contributed by atoms with Gasteiger partial charge in [-0.05, 0) is 37.8 Å². The van der Waals surface area contributed by atoms with E-state index in [2.05, 4.69) is 36.2 Å². The molecule has 2 N–H and O–H groups in total. The summed E-state index contributed by atoms with van der Waals surface area (Å²) in [5, 5.41) is 14.3. The Kier molecular flexibility index (Phi) is 6.24. The van der Waals surface area contributed by atoms with Crippen LogP contribution in [0.5, 0.6) is 5.75 Å². The van der Waals surface area contributed by atoms with Gasteiger partial charge in [0.25, 0.3) is 0 Å². The molecular weight excluding hydrogens is 276 g/mol. The highest BCUT2D eigenvalue weighted by molar-refractivity contribution is 5.47. The summed E-state index contributed by atoms with van der Waals surface area (Å²) < 4.78 is 5.83. The number of hydrogen-bond acceptors (Lipinski definition) is 4. The van der Waals surface area contributed by atoms with E-state index in [4.69, 9.17) is 4.74 Å². The Morgan fingerprint density at radius 3 is 2.50 bits per heavy atom. The Hall–Kier alpha value is -1.10.